The normalized spacial score (nSPS) is 12.3. The summed E-state index contributed by atoms with van der Waals surface area (Å²) in [5, 5.41) is 10.2. The van der Waals surface area contributed by atoms with Gasteiger partial charge in [0, 0.05) is 32.5 Å². The molecule has 0 spiro atoms. The van der Waals surface area contributed by atoms with Gasteiger partial charge in [-0.15, -0.1) is 0 Å². The first-order chi connectivity index (χ1) is 11.0. The Kier molecular flexibility index (Phi) is 5.61. The molecule has 8 heteroatoms. The van der Waals surface area contributed by atoms with Gasteiger partial charge in [-0.2, -0.15) is 18.3 Å². The molecule has 0 aliphatic rings. The molecule has 1 aromatic carbocycles. The van der Waals surface area contributed by atoms with E-state index in [4.69, 9.17) is 0 Å². The predicted octanol–water partition coefficient (Wildman–Crippen LogP) is 2.27. The fraction of sp³-hybridized carbons (Fsp3) is 0.333. The molecule has 0 saturated carbocycles. The smallest absolute Gasteiger partial charge is 0.355 e. The van der Waals surface area contributed by atoms with E-state index >= 15 is 0 Å². The Morgan fingerprint density at radius 1 is 1.22 bits per heavy atom. The number of nitrogens with zero attached hydrogens (tertiary/aromatic N) is 3. The first-order valence-corrected chi connectivity index (χ1v) is 7.07. The van der Waals surface area contributed by atoms with Crippen molar-refractivity contribution >= 4 is 5.96 Å². The summed E-state index contributed by atoms with van der Waals surface area (Å²) in [6, 6.07) is 6.90. The van der Waals surface area contributed by atoms with Crippen LogP contribution >= 0.6 is 0 Å². The van der Waals surface area contributed by atoms with Gasteiger partial charge in [0.05, 0.1) is 12.1 Å². The van der Waals surface area contributed by atoms with Crippen LogP contribution in [-0.2, 0) is 19.3 Å². The summed E-state index contributed by atoms with van der Waals surface area (Å²) in [6.07, 6.45) is -0.742. The number of guanidine groups is 1. The number of nitrogens with one attached hydrogen (secondary N) is 2. The number of aromatic nitrogens is 2. The Balaban J connectivity index is 1.78. The van der Waals surface area contributed by atoms with Gasteiger partial charge >= 0.3 is 6.18 Å². The molecule has 124 valence electrons. The van der Waals surface area contributed by atoms with Crippen LogP contribution in [-0.4, -0.2) is 29.3 Å². The molecule has 5 nitrogen and oxygen atoms in total. The van der Waals surface area contributed by atoms with Crippen LogP contribution in [0.15, 0.2) is 47.7 Å². The van der Waals surface area contributed by atoms with Crippen molar-refractivity contribution in [2.45, 2.75) is 19.3 Å². The zero-order chi connectivity index (χ0) is 16.7. The Bertz CT molecular complexity index is 618. The highest BCUT2D eigenvalue weighted by Gasteiger charge is 2.29. The molecule has 1 heterocycles. The van der Waals surface area contributed by atoms with Crippen molar-refractivity contribution < 1.29 is 13.2 Å². The molecule has 1 aromatic heterocycles. The average Bonchev–Trinajstić information content (AvgIpc) is 3.03. The lowest BCUT2D eigenvalue weighted by Crippen LogP contribution is -2.38. The van der Waals surface area contributed by atoms with Gasteiger partial charge in [-0.1, -0.05) is 12.1 Å². The van der Waals surface area contributed by atoms with E-state index in [2.05, 4.69) is 20.7 Å². The Hall–Kier alpha value is -2.51. The van der Waals surface area contributed by atoms with E-state index in [1.54, 1.807) is 17.9 Å². The molecular formula is C15H18F3N5. The molecule has 0 fully saturated rings. The molecule has 23 heavy (non-hydrogen) atoms. The highest BCUT2D eigenvalue weighted by atomic mass is 19.4. The number of hydrogen-bond donors (Lipinski definition) is 2. The zero-order valence-electron chi connectivity index (χ0n) is 12.6. The van der Waals surface area contributed by atoms with Crippen LogP contribution < -0.4 is 10.6 Å². The average molecular weight is 325 g/mol. The number of rotatable bonds is 5. The van der Waals surface area contributed by atoms with E-state index in [9.17, 15) is 13.2 Å². The highest BCUT2D eigenvalue weighted by Crippen LogP contribution is 2.28. The van der Waals surface area contributed by atoms with Gasteiger partial charge in [0.2, 0.25) is 0 Å². The van der Waals surface area contributed by atoms with Crippen LogP contribution in [0.3, 0.4) is 0 Å². The zero-order valence-corrected chi connectivity index (χ0v) is 12.6. The van der Waals surface area contributed by atoms with Crippen molar-refractivity contribution in [1.82, 2.24) is 20.4 Å². The Labute approximate surface area is 132 Å². The standard InChI is InChI=1S/C15H18F3N5/c1-19-14(20-8-10-23-9-2-7-22-23)21-11-12-3-5-13(6-4-12)15(16,17)18/h2-7,9H,8,10-11H2,1H3,(H2,19,20,21). The number of benzene rings is 1. The minimum absolute atomic E-state index is 0.388. The summed E-state index contributed by atoms with van der Waals surface area (Å²) in [5.74, 6) is 0.581. The van der Waals surface area contributed by atoms with Crippen LogP contribution in [0, 0.1) is 0 Å². The monoisotopic (exact) mass is 325 g/mol. The van der Waals surface area contributed by atoms with E-state index in [0.717, 1.165) is 17.7 Å². The van der Waals surface area contributed by atoms with Crippen LogP contribution in [0.5, 0.6) is 0 Å². The molecule has 2 aromatic rings. The van der Waals surface area contributed by atoms with Crippen molar-refractivity contribution in [2.24, 2.45) is 4.99 Å². The molecule has 0 aliphatic heterocycles. The second kappa shape index (κ2) is 7.66. The molecule has 0 radical (unpaired) electrons. The lowest BCUT2D eigenvalue weighted by molar-refractivity contribution is -0.137. The fourth-order valence-electron chi connectivity index (χ4n) is 1.94. The van der Waals surface area contributed by atoms with Gasteiger partial charge in [-0.05, 0) is 23.8 Å². The largest absolute Gasteiger partial charge is 0.416 e. The lowest BCUT2D eigenvalue weighted by Gasteiger charge is -2.12. The third-order valence-corrected chi connectivity index (χ3v) is 3.16. The van der Waals surface area contributed by atoms with E-state index in [1.165, 1.54) is 12.1 Å². The van der Waals surface area contributed by atoms with E-state index in [0.29, 0.717) is 25.6 Å². The first kappa shape index (κ1) is 16.9. The molecule has 0 bridgehead atoms. The van der Waals surface area contributed by atoms with Crippen molar-refractivity contribution in [3.05, 3.63) is 53.9 Å². The van der Waals surface area contributed by atoms with Gasteiger partial charge in [0.1, 0.15) is 0 Å². The van der Waals surface area contributed by atoms with Crippen molar-refractivity contribution in [2.75, 3.05) is 13.6 Å². The summed E-state index contributed by atoms with van der Waals surface area (Å²) >= 11 is 0. The van der Waals surface area contributed by atoms with Crippen molar-refractivity contribution in [1.29, 1.82) is 0 Å². The second-order valence-electron chi connectivity index (χ2n) is 4.82. The van der Waals surface area contributed by atoms with Gasteiger partial charge in [-0.25, -0.2) is 0 Å². The lowest BCUT2D eigenvalue weighted by atomic mass is 10.1. The molecule has 0 unspecified atom stereocenters. The fourth-order valence-corrected chi connectivity index (χ4v) is 1.94. The summed E-state index contributed by atoms with van der Waals surface area (Å²) in [5.41, 5.74) is 0.0935. The molecule has 0 aliphatic carbocycles. The van der Waals surface area contributed by atoms with Gasteiger partial charge in [0.15, 0.2) is 5.96 Å². The van der Waals surface area contributed by atoms with Crippen molar-refractivity contribution in [3.63, 3.8) is 0 Å². The number of alkyl halides is 3. The SMILES string of the molecule is CN=C(NCCn1cccn1)NCc1ccc(C(F)(F)F)cc1. The third-order valence-electron chi connectivity index (χ3n) is 3.16. The quantitative estimate of drug-likeness (QED) is 0.655. The Morgan fingerprint density at radius 3 is 2.52 bits per heavy atom. The molecule has 2 rings (SSSR count). The third kappa shape index (κ3) is 5.32. The van der Waals surface area contributed by atoms with Crippen molar-refractivity contribution in [3.8, 4) is 0 Å². The molecule has 0 amide bonds. The minimum atomic E-state index is -4.31. The topological polar surface area (TPSA) is 54.2 Å². The van der Waals surface area contributed by atoms with Crippen LogP contribution in [0.1, 0.15) is 11.1 Å². The van der Waals surface area contributed by atoms with Crippen LogP contribution in [0.25, 0.3) is 0 Å². The van der Waals surface area contributed by atoms with Crippen LogP contribution in [0.2, 0.25) is 0 Å². The van der Waals surface area contributed by atoms with Gasteiger partial charge in [-0.3, -0.25) is 9.67 Å². The van der Waals surface area contributed by atoms with E-state index < -0.39 is 11.7 Å². The Morgan fingerprint density at radius 2 is 1.96 bits per heavy atom. The van der Waals surface area contributed by atoms with E-state index in [-0.39, 0.29) is 0 Å². The molecule has 0 saturated heterocycles. The first-order valence-electron chi connectivity index (χ1n) is 7.07. The number of hydrogen-bond acceptors (Lipinski definition) is 2. The number of aliphatic imine (C=N–C) groups is 1. The summed E-state index contributed by atoms with van der Waals surface area (Å²) in [6.45, 7) is 1.71. The van der Waals surface area contributed by atoms with E-state index in [1.807, 2.05) is 12.3 Å². The van der Waals surface area contributed by atoms with Crippen LogP contribution in [0.4, 0.5) is 13.2 Å². The highest BCUT2D eigenvalue weighted by molar-refractivity contribution is 5.79. The minimum Gasteiger partial charge on any atom is -0.355 e. The van der Waals surface area contributed by atoms with Gasteiger partial charge in [0.25, 0.3) is 0 Å². The summed E-state index contributed by atoms with van der Waals surface area (Å²) in [4.78, 5) is 4.06. The second-order valence-corrected chi connectivity index (χ2v) is 4.82. The van der Waals surface area contributed by atoms with Gasteiger partial charge < -0.3 is 10.6 Å². The molecular weight excluding hydrogens is 307 g/mol. The maximum Gasteiger partial charge on any atom is 0.416 e. The maximum atomic E-state index is 12.5. The maximum absolute atomic E-state index is 12.5. The number of halogens is 3. The molecule has 0 atom stereocenters. The molecule has 2 N–H and O–H groups in total. The summed E-state index contributed by atoms with van der Waals surface area (Å²) < 4.78 is 39.3. The predicted molar refractivity (Wildman–Crippen MR) is 81.9 cm³/mol. The summed E-state index contributed by atoms with van der Waals surface area (Å²) in [7, 11) is 1.63.